The van der Waals surface area contributed by atoms with Gasteiger partial charge in [-0.3, -0.25) is 4.79 Å². The molecule has 3 amide bonds. The molecule has 6 saturated carbocycles. The second-order valence-electron chi connectivity index (χ2n) is 12.0. The zero-order chi connectivity index (χ0) is 26.8. The standard InChI is InChI=1S/C13H22N2O3.C13H22N2O2S.CH4/c1-9(2)18-11(17)15-13-6-3-12(4-7-13,5-8-13)10(14)16;1-9(2)17-11(16)15-13-6-3-12(4-7-13,5-8-13)10(14)18;/h9H,3-8H2,1-2H3,(H2,14,16)(H,15,17);9H,3-8H2,1-2H3,(H2,14,18)(H,15,16);1H4. The van der Waals surface area contributed by atoms with Crippen LogP contribution >= 0.6 is 12.2 Å². The lowest BCUT2D eigenvalue weighted by molar-refractivity contribution is -0.134. The minimum absolute atomic E-state index is 0. The van der Waals surface area contributed by atoms with Crippen molar-refractivity contribution in [1.29, 1.82) is 0 Å². The van der Waals surface area contributed by atoms with Crippen LogP contribution in [0.4, 0.5) is 9.59 Å². The topological polar surface area (TPSA) is 146 Å². The first kappa shape index (κ1) is 31.1. The minimum Gasteiger partial charge on any atom is -0.447 e. The Bertz CT molecular complexity index is 756. The number of hydrogen-bond acceptors (Lipinski definition) is 6. The van der Waals surface area contributed by atoms with Crippen molar-refractivity contribution in [3.8, 4) is 0 Å². The van der Waals surface area contributed by atoms with Gasteiger partial charge in [-0.15, -0.1) is 0 Å². The van der Waals surface area contributed by atoms with E-state index in [9.17, 15) is 14.4 Å². The summed E-state index contributed by atoms with van der Waals surface area (Å²) in [6, 6.07) is 0. The third-order valence-corrected chi connectivity index (χ3v) is 9.39. The third-order valence-electron chi connectivity index (χ3n) is 8.96. The van der Waals surface area contributed by atoms with Crippen LogP contribution in [0.3, 0.4) is 0 Å². The predicted octanol–water partition coefficient (Wildman–Crippen LogP) is 4.84. The highest BCUT2D eigenvalue weighted by molar-refractivity contribution is 7.80. The van der Waals surface area contributed by atoms with Gasteiger partial charge in [-0.2, -0.15) is 0 Å². The molecule has 37 heavy (non-hydrogen) atoms. The van der Waals surface area contributed by atoms with E-state index in [2.05, 4.69) is 10.6 Å². The fourth-order valence-corrected chi connectivity index (χ4v) is 6.71. The van der Waals surface area contributed by atoms with E-state index >= 15 is 0 Å². The van der Waals surface area contributed by atoms with Crippen LogP contribution < -0.4 is 22.1 Å². The maximum absolute atomic E-state index is 11.7. The van der Waals surface area contributed by atoms with Crippen molar-refractivity contribution in [2.24, 2.45) is 22.3 Å². The fourth-order valence-electron chi connectivity index (χ4n) is 6.41. The average molecular weight is 541 g/mol. The normalized spacial score (nSPS) is 33.5. The molecule has 0 saturated heterocycles. The highest BCUT2D eigenvalue weighted by atomic mass is 32.1. The lowest BCUT2D eigenvalue weighted by Gasteiger charge is -2.52. The smallest absolute Gasteiger partial charge is 0.407 e. The number of carbonyl (C=O) groups excluding carboxylic acids is 3. The summed E-state index contributed by atoms with van der Waals surface area (Å²) >= 11 is 5.20. The molecule has 0 radical (unpaired) electrons. The Kier molecular flexibility index (Phi) is 9.88. The van der Waals surface area contributed by atoms with Crippen molar-refractivity contribution >= 4 is 35.3 Å². The van der Waals surface area contributed by atoms with Crippen LogP contribution in [-0.4, -0.2) is 46.4 Å². The lowest BCUT2D eigenvalue weighted by Crippen LogP contribution is -2.59. The van der Waals surface area contributed by atoms with Gasteiger partial charge in [0, 0.05) is 21.9 Å². The van der Waals surface area contributed by atoms with Crippen LogP contribution in [-0.2, 0) is 14.3 Å². The molecule has 0 atom stereocenters. The second kappa shape index (κ2) is 11.7. The SMILES string of the molecule is C.CC(C)OC(=O)NC12CCC(C(N)=O)(CC1)CC2.CC(C)OC(=O)NC12CCC(C(N)=S)(CC1)CC2. The highest BCUT2D eigenvalue weighted by Crippen LogP contribution is 2.53. The molecule has 0 aromatic heterocycles. The minimum atomic E-state index is -0.349. The van der Waals surface area contributed by atoms with Gasteiger partial charge in [0.2, 0.25) is 5.91 Å². The lowest BCUT2D eigenvalue weighted by atomic mass is 9.57. The molecular formula is C27H48N4O5S. The van der Waals surface area contributed by atoms with E-state index in [0.717, 1.165) is 77.0 Å². The number of thiocarbonyl (C=S) groups is 1. The first-order valence-electron chi connectivity index (χ1n) is 13.3. The molecule has 4 bridgehead atoms. The van der Waals surface area contributed by atoms with Crippen molar-refractivity contribution in [2.75, 3.05) is 0 Å². The molecule has 0 heterocycles. The maximum Gasteiger partial charge on any atom is 0.407 e. The van der Waals surface area contributed by atoms with Crippen molar-refractivity contribution < 1.29 is 23.9 Å². The van der Waals surface area contributed by atoms with Crippen molar-refractivity contribution in [3.05, 3.63) is 0 Å². The van der Waals surface area contributed by atoms with Crippen molar-refractivity contribution in [2.45, 2.75) is 135 Å². The number of primary amides is 1. The van der Waals surface area contributed by atoms with Gasteiger partial charge in [0.25, 0.3) is 0 Å². The summed E-state index contributed by atoms with van der Waals surface area (Å²) in [6.45, 7) is 7.38. The molecule has 0 aliphatic heterocycles. The summed E-state index contributed by atoms with van der Waals surface area (Å²) in [5.74, 6) is -0.180. The van der Waals surface area contributed by atoms with Crippen LogP contribution in [0.15, 0.2) is 0 Å². The number of carbonyl (C=O) groups is 3. The number of hydrogen-bond donors (Lipinski definition) is 4. The number of rotatable bonds is 6. The van der Waals surface area contributed by atoms with Gasteiger partial charge < -0.3 is 31.6 Å². The Morgan fingerprint density at radius 3 is 1.19 bits per heavy atom. The molecule has 6 aliphatic rings. The van der Waals surface area contributed by atoms with E-state index in [-0.39, 0.29) is 59.6 Å². The molecule has 6 aliphatic carbocycles. The highest BCUT2D eigenvalue weighted by Gasteiger charge is 2.53. The Morgan fingerprint density at radius 1 is 0.649 bits per heavy atom. The first-order chi connectivity index (χ1) is 16.8. The third kappa shape index (κ3) is 7.06. The van der Waals surface area contributed by atoms with Crippen LogP contribution in [0.5, 0.6) is 0 Å². The van der Waals surface area contributed by atoms with Gasteiger partial charge in [-0.05, 0) is 105 Å². The van der Waals surface area contributed by atoms with Gasteiger partial charge in [-0.1, -0.05) is 19.6 Å². The molecule has 6 N–H and O–H groups in total. The Labute approximate surface area is 227 Å². The van der Waals surface area contributed by atoms with Crippen LogP contribution in [0.2, 0.25) is 0 Å². The van der Waals surface area contributed by atoms with Crippen molar-refractivity contribution in [1.82, 2.24) is 10.6 Å². The predicted molar refractivity (Wildman–Crippen MR) is 148 cm³/mol. The van der Waals surface area contributed by atoms with E-state index in [1.165, 1.54) is 0 Å². The number of alkyl carbamates (subject to hydrolysis) is 2. The number of amides is 3. The zero-order valence-corrected chi connectivity index (χ0v) is 23.1. The van der Waals surface area contributed by atoms with Crippen LogP contribution in [0.25, 0.3) is 0 Å². The summed E-state index contributed by atoms with van der Waals surface area (Å²) in [6.07, 6.45) is 9.82. The molecule has 0 aromatic carbocycles. The van der Waals surface area contributed by atoms with Gasteiger partial charge in [0.15, 0.2) is 0 Å². The second-order valence-corrected chi connectivity index (χ2v) is 12.4. The largest absolute Gasteiger partial charge is 0.447 e. The summed E-state index contributed by atoms with van der Waals surface area (Å²) in [5.41, 5.74) is 10.8. The Morgan fingerprint density at radius 2 is 0.946 bits per heavy atom. The van der Waals surface area contributed by atoms with E-state index in [4.69, 9.17) is 33.2 Å². The Balaban J connectivity index is 0.000000253. The molecule has 10 heteroatoms. The zero-order valence-electron chi connectivity index (χ0n) is 22.2. The number of fused-ring (bicyclic) bond motifs is 6. The average Bonchev–Trinajstić information content (AvgIpc) is 2.80. The van der Waals surface area contributed by atoms with E-state index in [1.54, 1.807) is 0 Å². The first-order valence-corrected chi connectivity index (χ1v) is 13.7. The van der Waals surface area contributed by atoms with E-state index in [1.807, 2.05) is 27.7 Å². The van der Waals surface area contributed by atoms with Crippen molar-refractivity contribution in [3.63, 3.8) is 0 Å². The molecular weight excluding hydrogens is 492 g/mol. The van der Waals surface area contributed by atoms with E-state index in [0.29, 0.717) is 4.99 Å². The van der Waals surface area contributed by atoms with Gasteiger partial charge in [0.1, 0.15) is 0 Å². The van der Waals surface area contributed by atoms with Gasteiger partial charge in [0.05, 0.1) is 17.2 Å². The monoisotopic (exact) mass is 540 g/mol. The molecule has 9 nitrogen and oxygen atoms in total. The molecule has 0 aromatic rings. The fraction of sp³-hybridized carbons (Fsp3) is 0.852. The maximum atomic E-state index is 11.7. The molecule has 6 rings (SSSR count). The van der Waals surface area contributed by atoms with E-state index < -0.39 is 0 Å². The van der Waals surface area contributed by atoms with Gasteiger partial charge in [-0.25, -0.2) is 9.59 Å². The van der Waals surface area contributed by atoms with Crippen LogP contribution in [0.1, 0.15) is 112 Å². The van der Waals surface area contributed by atoms with Gasteiger partial charge >= 0.3 is 12.2 Å². The van der Waals surface area contributed by atoms with Crippen LogP contribution in [0, 0.1) is 10.8 Å². The molecule has 0 unspecified atom stereocenters. The summed E-state index contributed by atoms with van der Waals surface area (Å²) in [5, 5.41) is 6.06. The summed E-state index contributed by atoms with van der Waals surface area (Å²) in [7, 11) is 0. The summed E-state index contributed by atoms with van der Waals surface area (Å²) in [4.78, 5) is 35.6. The Hall–Kier alpha value is -2.10. The molecule has 212 valence electrons. The molecule has 6 fully saturated rings. The number of nitrogens with two attached hydrogens (primary N) is 2. The quantitative estimate of drug-likeness (QED) is 0.353. The summed E-state index contributed by atoms with van der Waals surface area (Å²) < 4.78 is 10.3. The molecule has 0 spiro atoms. The number of nitrogens with one attached hydrogen (secondary N) is 2. The number of ether oxygens (including phenoxy) is 2.